The van der Waals surface area contributed by atoms with E-state index in [9.17, 15) is 4.79 Å². The van der Waals surface area contributed by atoms with Crippen molar-refractivity contribution in [1.29, 1.82) is 0 Å². The van der Waals surface area contributed by atoms with Gasteiger partial charge < -0.3 is 10.6 Å². The molecule has 0 atom stereocenters. The molecular formula is C15H28N2O. The summed E-state index contributed by atoms with van der Waals surface area (Å²) in [7, 11) is 0. The van der Waals surface area contributed by atoms with Crippen molar-refractivity contribution in [2.45, 2.75) is 70.8 Å². The molecule has 2 N–H and O–H groups in total. The Kier molecular flexibility index (Phi) is 5.04. The summed E-state index contributed by atoms with van der Waals surface area (Å²) >= 11 is 0. The van der Waals surface area contributed by atoms with Crippen LogP contribution in [-0.4, -0.2) is 25.0 Å². The molecule has 0 aliphatic heterocycles. The van der Waals surface area contributed by atoms with Crippen molar-refractivity contribution in [3.05, 3.63) is 0 Å². The lowest BCUT2D eigenvalue weighted by molar-refractivity contribution is -0.121. The summed E-state index contributed by atoms with van der Waals surface area (Å²) in [6.07, 6.45) is 11.5. The van der Waals surface area contributed by atoms with Crippen LogP contribution in [0.1, 0.15) is 64.7 Å². The molecule has 104 valence electrons. The maximum Gasteiger partial charge on any atom is 0.234 e. The maximum absolute atomic E-state index is 11.8. The van der Waals surface area contributed by atoms with E-state index in [1.165, 1.54) is 57.8 Å². The highest BCUT2D eigenvalue weighted by atomic mass is 16.1. The van der Waals surface area contributed by atoms with Gasteiger partial charge in [0.05, 0.1) is 6.54 Å². The first kappa shape index (κ1) is 13.9. The van der Waals surface area contributed by atoms with Gasteiger partial charge in [-0.05, 0) is 37.5 Å². The van der Waals surface area contributed by atoms with Gasteiger partial charge in [0.2, 0.25) is 5.91 Å². The average Bonchev–Trinajstić information content (AvgIpc) is 3.15. The zero-order valence-corrected chi connectivity index (χ0v) is 11.8. The first-order valence-electron chi connectivity index (χ1n) is 7.74. The van der Waals surface area contributed by atoms with Crippen molar-refractivity contribution in [3.8, 4) is 0 Å². The van der Waals surface area contributed by atoms with Gasteiger partial charge in [-0.25, -0.2) is 0 Å². The lowest BCUT2D eigenvalue weighted by Gasteiger charge is -2.17. The van der Waals surface area contributed by atoms with E-state index < -0.39 is 0 Å². The number of carbonyl (C=O) groups excluding carboxylic acids is 1. The highest BCUT2D eigenvalue weighted by molar-refractivity contribution is 5.78. The lowest BCUT2D eigenvalue weighted by atomic mass is 10.0. The summed E-state index contributed by atoms with van der Waals surface area (Å²) in [6.45, 7) is 3.76. The van der Waals surface area contributed by atoms with E-state index in [4.69, 9.17) is 0 Å². The molecule has 0 radical (unpaired) electrons. The second-order valence-corrected chi connectivity index (χ2v) is 6.21. The minimum atomic E-state index is 0.189. The second kappa shape index (κ2) is 6.55. The van der Waals surface area contributed by atoms with Gasteiger partial charge in [-0.15, -0.1) is 0 Å². The molecule has 1 amide bonds. The molecule has 0 spiro atoms. The van der Waals surface area contributed by atoms with Crippen LogP contribution in [0.3, 0.4) is 0 Å². The summed E-state index contributed by atoms with van der Waals surface area (Å²) < 4.78 is 0. The normalized spacial score (nSPS) is 23.4. The Morgan fingerprint density at radius 2 is 1.83 bits per heavy atom. The largest absolute Gasteiger partial charge is 0.352 e. The highest BCUT2D eigenvalue weighted by Gasteiger charge is 2.39. The average molecular weight is 252 g/mol. The summed E-state index contributed by atoms with van der Waals surface area (Å²) in [5, 5.41) is 6.51. The van der Waals surface area contributed by atoms with Crippen LogP contribution in [0.2, 0.25) is 0 Å². The molecule has 3 nitrogen and oxygen atoms in total. The third-order valence-electron chi connectivity index (χ3n) is 4.71. The number of rotatable bonds is 6. The first-order valence-corrected chi connectivity index (χ1v) is 7.74. The molecule has 0 aromatic heterocycles. The quantitative estimate of drug-likeness (QED) is 0.713. The Morgan fingerprint density at radius 1 is 1.17 bits per heavy atom. The first-order chi connectivity index (χ1) is 8.74. The minimum Gasteiger partial charge on any atom is -0.352 e. The molecule has 0 saturated heterocycles. The molecule has 2 rings (SSSR count). The third-order valence-corrected chi connectivity index (χ3v) is 4.71. The van der Waals surface area contributed by atoms with E-state index in [2.05, 4.69) is 17.6 Å². The summed E-state index contributed by atoms with van der Waals surface area (Å²) in [4.78, 5) is 11.8. The molecule has 2 fully saturated rings. The smallest absolute Gasteiger partial charge is 0.234 e. The van der Waals surface area contributed by atoms with Crippen molar-refractivity contribution >= 4 is 5.91 Å². The number of hydrogen-bond acceptors (Lipinski definition) is 2. The van der Waals surface area contributed by atoms with Crippen molar-refractivity contribution in [1.82, 2.24) is 10.6 Å². The van der Waals surface area contributed by atoms with Gasteiger partial charge in [-0.1, -0.05) is 32.6 Å². The van der Waals surface area contributed by atoms with Gasteiger partial charge in [0.15, 0.2) is 0 Å². The van der Waals surface area contributed by atoms with E-state index in [1.807, 2.05) is 0 Å². The number of nitrogens with one attached hydrogen (secondary N) is 2. The summed E-state index contributed by atoms with van der Waals surface area (Å²) in [5.74, 6) is 0.189. The molecular weight excluding hydrogens is 224 g/mol. The Hall–Kier alpha value is -0.570. The molecule has 0 bridgehead atoms. The van der Waals surface area contributed by atoms with Gasteiger partial charge in [0.25, 0.3) is 0 Å². The van der Waals surface area contributed by atoms with E-state index in [-0.39, 0.29) is 5.91 Å². The Bertz CT molecular complexity index is 266. The fraction of sp³-hybridized carbons (Fsp3) is 0.933. The van der Waals surface area contributed by atoms with Gasteiger partial charge in [-0.2, -0.15) is 0 Å². The highest BCUT2D eigenvalue weighted by Crippen LogP contribution is 2.47. The summed E-state index contributed by atoms with van der Waals surface area (Å²) in [5.41, 5.74) is 0.530. The van der Waals surface area contributed by atoms with Crippen molar-refractivity contribution in [2.24, 2.45) is 5.41 Å². The fourth-order valence-electron chi connectivity index (χ4n) is 2.98. The lowest BCUT2D eigenvalue weighted by Crippen LogP contribution is -2.41. The zero-order valence-electron chi connectivity index (χ0n) is 11.8. The van der Waals surface area contributed by atoms with Gasteiger partial charge in [-0.3, -0.25) is 4.79 Å². The van der Waals surface area contributed by atoms with Crippen LogP contribution in [0.25, 0.3) is 0 Å². The predicted octanol–water partition coefficient (Wildman–Crippen LogP) is 2.61. The van der Waals surface area contributed by atoms with Crippen LogP contribution in [0, 0.1) is 5.41 Å². The van der Waals surface area contributed by atoms with Crippen molar-refractivity contribution < 1.29 is 4.79 Å². The van der Waals surface area contributed by atoms with Crippen LogP contribution in [0.15, 0.2) is 0 Å². The number of carbonyl (C=O) groups is 1. The molecule has 18 heavy (non-hydrogen) atoms. The zero-order chi connectivity index (χ0) is 12.8. The van der Waals surface area contributed by atoms with Crippen molar-refractivity contribution in [3.63, 3.8) is 0 Å². The number of hydrogen-bond donors (Lipinski definition) is 2. The van der Waals surface area contributed by atoms with Crippen LogP contribution in [0.5, 0.6) is 0 Å². The Labute approximate surface area is 111 Å². The minimum absolute atomic E-state index is 0.189. The van der Waals surface area contributed by atoms with Crippen LogP contribution >= 0.6 is 0 Å². The molecule has 0 aromatic carbocycles. The van der Waals surface area contributed by atoms with Gasteiger partial charge in [0.1, 0.15) is 0 Å². The van der Waals surface area contributed by atoms with Gasteiger partial charge >= 0.3 is 0 Å². The molecule has 3 heteroatoms. The van der Waals surface area contributed by atoms with Crippen molar-refractivity contribution in [2.75, 3.05) is 13.1 Å². The molecule has 0 heterocycles. The van der Waals surface area contributed by atoms with Crippen LogP contribution < -0.4 is 10.6 Å². The Morgan fingerprint density at radius 3 is 2.39 bits per heavy atom. The second-order valence-electron chi connectivity index (χ2n) is 6.21. The SMILES string of the molecule is CCC1(CNCC(=O)NC2CCCCCC2)CC1. The Balaban J connectivity index is 1.59. The third kappa shape index (κ3) is 4.27. The molecule has 2 aliphatic rings. The van der Waals surface area contributed by atoms with Crippen LogP contribution in [-0.2, 0) is 4.79 Å². The predicted molar refractivity (Wildman–Crippen MR) is 74.5 cm³/mol. The maximum atomic E-state index is 11.8. The van der Waals surface area contributed by atoms with E-state index >= 15 is 0 Å². The van der Waals surface area contributed by atoms with E-state index in [0.29, 0.717) is 18.0 Å². The molecule has 2 aliphatic carbocycles. The van der Waals surface area contributed by atoms with Gasteiger partial charge in [0, 0.05) is 12.6 Å². The number of amides is 1. The van der Waals surface area contributed by atoms with E-state index in [0.717, 1.165) is 6.54 Å². The molecule has 0 aromatic rings. The molecule has 0 unspecified atom stereocenters. The topological polar surface area (TPSA) is 41.1 Å². The standard InChI is InChI=1S/C15H28N2O/c1-2-15(9-10-15)12-16-11-14(18)17-13-7-5-3-4-6-8-13/h13,16H,2-12H2,1H3,(H,17,18). The monoisotopic (exact) mass is 252 g/mol. The molecule has 2 saturated carbocycles. The van der Waals surface area contributed by atoms with E-state index in [1.54, 1.807) is 0 Å². The summed E-state index contributed by atoms with van der Waals surface area (Å²) in [6, 6.07) is 0.433. The van der Waals surface area contributed by atoms with Crippen LogP contribution in [0.4, 0.5) is 0 Å². The fourth-order valence-corrected chi connectivity index (χ4v) is 2.98.